The standard InChI is InChI=1S/C32H29ClN2O5/c1-21-26(11-6-12-27(21)24-9-3-2-4-10-24)20-39-29-14-13-25(17-35-28(18-36)32(37)38)31(30(29)33)40-19-23-8-5-7-22(15-23)16-34/h2-15,28,35-36H,17-20H2,1H3,(H,37,38). The van der Waals surface area contributed by atoms with Crippen molar-refractivity contribution in [2.24, 2.45) is 0 Å². The van der Waals surface area contributed by atoms with Gasteiger partial charge in [0.15, 0.2) is 0 Å². The Morgan fingerprint density at radius 2 is 1.75 bits per heavy atom. The van der Waals surface area contributed by atoms with E-state index in [0.29, 0.717) is 22.6 Å². The fourth-order valence-corrected chi connectivity index (χ4v) is 4.55. The van der Waals surface area contributed by atoms with Gasteiger partial charge in [-0.25, -0.2) is 0 Å². The number of aliphatic hydroxyl groups is 1. The smallest absolute Gasteiger partial charge is 0.323 e. The molecule has 7 nitrogen and oxygen atoms in total. The molecule has 1 unspecified atom stereocenters. The fraction of sp³-hybridized carbons (Fsp3) is 0.188. The lowest BCUT2D eigenvalue weighted by molar-refractivity contribution is -0.140. The maximum absolute atomic E-state index is 11.4. The molecule has 0 amide bonds. The monoisotopic (exact) mass is 556 g/mol. The molecular formula is C32H29ClN2O5. The van der Waals surface area contributed by atoms with E-state index in [1.807, 2.05) is 36.4 Å². The van der Waals surface area contributed by atoms with Crippen molar-refractivity contribution in [2.75, 3.05) is 6.61 Å². The van der Waals surface area contributed by atoms with E-state index in [1.165, 1.54) is 0 Å². The second-order valence-electron chi connectivity index (χ2n) is 9.17. The number of aliphatic hydroxyl groups excluding tert-OH is 1. The first-order chi connectivity index (χ1) is 19.4. The van der Waals surface area contributed by atoms with Gasteiger partial charge in [0.2, 0.25) is 0 Å². The topological polar surface area (TPSA) is 112 Å². The molecule has 0 saturated carbocycles. The first kappa shape index (κ1) is 28.7. The van der Waals surface area contributed by atoms with Gasteiger partial charge in [-0.15, -0.1) is 0 Å². The van der Waals surface area contributed by atoms with Crippen LogP contribution in [-0.4, -0.2) is 28.8 Å². The van der Waals surface area contributed by atoms with Crippen LogP contribution in [0.15, 0.2) is 84.9 Å². The van der Waals surface area contributed by atoms with E-state index >= 15 is 0 Å². The average molecular weight is 557 g/mol. The summed E-state index contributed by atoms with van der Waals surface area (Å²) in [6.07, 6.45) is 0. The van der Waals surface area contributed by atoms with Gasteiger partial charge in [-0.2, -0.15) is 5.26 Å². The van der Waals surface area contributed by atoms with E-state index in [2.05, 4.69) is 36.5 Å². The number of halogens is 1. The Balaban J connectivity index is 1.58. The van der Waals surface area contributed by atoms with Gasteiger partial charge in [-0.3, -0.25) is 10.1 Å². The number of nitriles is 1. The van der Waals surface area contributed by atoms with E-state index in [9.17, 15) is 20.3 Å². The molecule has 204 valence electrons. The molecule has 0 aliphatic carbocycles. The molecule has 0 aliphatic heterocycles. The summed E-state index contributed by atoms with van der Waals surface area (Å²) in [4.78, 5) is 11.4. The lowest BCUT2D eigenvalue weighted by Gasteiger charge is -2.19. The summed E-state index contributed by atoms with van der Waals surface area (Å²) in [5.41, 5.74) is 6.22. The van der Waals surface area contributed by atoms with Crippen molar-refractivity contribution < 1.29 is 24.5 Å². The average Bonchev–Trinajstić information content (AvgIpc) is 2.97. The second kappa shape index (κ2) is 13.6. The van der Waals surface area contributed by atoms with Crippen LogP contribution in [-0.2, 0) is 24.6 Å². The molecule has 0 aromatic heterocycles. The van der Waals surface area contributed by atoms with Gasteiger partial charge in [-0.1, -0.05) is 78.3 Å². The van der Waals surface area contributed by atoms with E-state index < -0.39 is 18.6 Å². The number of carboxylic acid groups (broad SMARTS) is 1. The SMILES string of the molecule is Cc1c(COc2ccc(CNC(CO)C(=O)O)c(OCc3cccc(C#N)c3)c2Cl)cccc1-c1ccccc1. The third-order valence-electron chi connectivity index (χ3n) is 6.52. The molecule has 0 radical (unpaired) electrons. The van der Waals surface area contributed by atoms with E-state index in [1.54, 1.807) is 30.3 Å². The minimum atomic E-state index is -1.17. The quantitative estimate of drug-likeness (QED) is 0.200. The minimum absolute atomic E-state index is 0.0866. The van der Waals surface area contributed by atoms with Crippen LogP contribution >= 0.6 is 11.6 Å². The summed E-state index contributed by atoms with van der Waals surface area (Å²) in [7, 11) is 0. The van der Waals surface area contributed by atoms with E-state index in [0.717, 1.165) is 27.8 Å². The summed E-state index contributed by atoms with van der Waals surface area (Å²) in [5, 5.41) is 30.9. The van der Waals surface area contributed by atoms with Crippen LogP contribution in [0.2, 0.25) is 5.02 Å². The molecule has 1 atom stereocenters. The molecule has 0 bridgehead atoms. The normalized spacial score (nSPS) is 11.4. The number of nitrogens with zero attached hydrogens (tertiary/aromatic N) is 1. The summed E-state index contributed by atoms with van der Waals surface area (Å²) in [5.74, 6) is -0.434. The van der Waals surface area contributed by atoms with Crippen LogP contribution in [0.1, 0.15) is 27.8 Å². The first-order valence-corrected chi connectivity index (χ1v) is 13.1. The lowest BCUT2D eigenvalue weighted by atomic mass is 9.97. The van der Waals surface area contributed by atoms with Crippen molar-refractivity contribution in [3.8, 4) is 28.7 Å². The summed E-state index contributed by atoms with van der Waals surface area (Å²) < 4.78 is 12.3. The van der Waals surface area contributed by atoms with Crippen molar-refractivity contribution in [1.82, 2.24) is 5.32 Å². The molecule has 0 aliphatic rings. The van der Waals surface area contributed by atoms with Gasteiger partial charge in [-0.05, 0) is 52.9 Å². The van der Waals surface area contributed by atoms with Crippen LogP contribution in [0.3, 0.4) is 0 Å². The third kappa shape index (κ3) is 6.99. The first-order valence-electron chi connectivity index (χ1n) is 12.7. The molecule has 4 aromatic carbocycles. The van der Waals surface area contributed by atoms with Crippen molar-refractivity contribution in [3.63, 3.8) is 0 Å². The van der Waals surface area contributed by atoms with Gasteiger partial charge in [0.05, 0.1) is 18.2 Å². The third-order valence-corrected chi connectivity index (χ3v) is 6.87. The summed E-state index contributed by atoms with van der Waals surface area (Å²) in [6, 6.07) is 27.7. The largest absolute Gasteiger partial charge is 0.487 e. The number of carboxylic acids is 1. The maximum Gasteiger partial charge on any atom is 0.323 e. The molecule has 0 heterocycles. The van der Waals surface area contributed by atoms with Crippen molar-refractivity contribution in [3.05, 3.63) is 118 Å². The minimum Gasteiger partial charge on any atom is -0.487 e. The van der Waals surface area contributed by atoms with Crippen LogP contribution in [0.4, 0.5) is 0 Å². The molecular weight excluding hydrogens is 528 g/mol. The second-order valence-corrected chi connectivity index (χ2v) is 9.54. The zero-order valence-corrected chi connectivity index (χ0v) is 22.7. The number of hydrogen-bond donors (Lipinski definition) is 3. The summed E-state index contributed by atoms with van der Waals surface area (Å²) in [6.45, 7) is 1.98. The predicted octanol–water partition coefficient (Wildman–Crippen LogP) is 5.88. The highest BCUT2D eigenvalue weighted by molar-refractivity contribution is 6.33. The highest BCUT2D eigenvalue weighted by Crippen LogP contribution is 2.38. The molecule has 0 saturated heterocycles. The van der Waals surface area contributed by atoms with E-state index in [-0.39, 0.29) is 24.8 Å². The van der Waals surface area contributed by atoms with Crippen molar-refractivity contribution >= 4 is 17.6 Å². The molecule has 0 spiro atoms. The zero-order chi connectivity index (χ0) is 28.5. The molecule has 3 N–H and O–H groups in total. The van der Waals surface area contributed by atoms with E-state index in [4.69, 9.17) is 21.1 Å². The van der Waals surface area contributed by atoms with Gasteiger partial charge >= 0.3 is 5.97 Å². The Hall–Kier alpha value is -4.35. The molecule has 8 heteroatoms. The highest BCUT2D eigenvalue weighted by Gasteiger charge is 2.20. The number of ether oxygens (including phenoxy) is 2. The Morgan fingerprint density at radius 3 is 2.48 bits per heavy atom. The van der Waals surface area contributed by atoms with Gasteiger partial charge in [0.1, 0.15) is 35.8 Å². The molecule has 4 rings (SSSR count). The highest BCUT2D eigenvalue weighted by atomic mass is 35.5. The van der Waals surface area contributed by atoms with Crippen LogP contribution < -0.4 is 14.8 Å². The van der Waals surface area contributed by atoms with Crippen molar-refractivity contribution in [1.29, 1.82) is 5.26 Å². The molecule has 40 heavy (non-hydrogen) atoms. The van der Waals surface area contributed by atoms with Gasteiger partial charge in [0, 0.05) is 12.1 Å². The van der Waals surface area contributed by atoms with Crippen molar-refractivity contribution in [2.45, 2.75) is 32.7 Å². The predicted molar refractivity (Wildman–Crippen MR) is 153 cm³/mol. The maximum atomic E-state index is 11.4. The summed E-state index contributed by atoms with van der Waals surface area (Å²) >= 11 is 6.79. The van der Waals surface area contributed by atoms with Gasteiger partial charge < -0.3 is 19.7 Å². The lowest BCUT2D eigenvalue weighted by Crippen LogP contribution is -2.39. The van der Waals surface area contributed by atoms with Gasteiger partial charge in [0.25, 0.3) is 0 Å². The number of nitrogens with one attached hydrogen (secondary N) is 1. The Kier molecular flexibility index (Phi) is 9.76. The Morgan fingerprint density at radius 1 is 0.975 bits per heavy atom. The number of carbonyl (C=O) groups is 1. The van der Waals surface area contributed by atoms with Crippen LogP contribution in [0, 0.1) is 18.3 Å². The molecule has 4 aromatic rings. The zero-order valence-electron chi connectivity index (χ0n) is 21.9. The van der Waals surface area contributed by atoms with Crippen LogP contribution in [0.25, 0.3) is 11.1 Å². The number of hydrogen-bond acceptors (Lipinski definition) is 6. The Labute approximate surface area is 238 Å². The number of rotatable bonds is 12. The van der Waals surface area contributed by atoms with Crippen LogP contribution in [0.5, 0.6) is 11.5 Å². The number of aliphatic carboxylic acids is 1. The fourth-order valence-electron chi connectivity index (χ4n) is 4.26. The number of benzene rings is 4. The Bertz CT molecular complexity index is 1520. The molecule has 0 fully saturated rings.